The zero-order chi connectivity index (χ0) is 15.6. The lowest BCUT2D eigenvalue weighted by atomic mass is 10.1. The highest BCUT2D eigenvalue weighted by Gasteiger charge is 2.31. The quantitative estimate of drug-likeness (QED) is 0.677. The van der Waals surface area contributed by atoms with Crippen molar-refractivity contribution in [1.29, 1.82) is 0 Å². The number of benzene rings is 1. The van der Waals surface area contributed by atoms with Crippen molar-refractivity contribution in [2.75, 3.05) is 19.4 Å². The third-order valence-corrected chi connectivity index (χ3v) is 3.86. The Morgan fingerprint density at radius 2 is 1.50 bits per heavy atom. The Morgan fingerprint density at radius 1 is 1.00 bits per heavy atom. The van der Waals surface area contributed by atoms with Crippen LogP contribution in [0.5, 0.6) is 0 Å². The molecule has 1 aromatic rings. The number of halogens is 3. The van der Waals surface area contributed by atoms with Crippen LogP contribution in [0.2, 0.25) is 0 Å². The molecule has 0 fully saturated rings. The topological polar surface area (TPSA) is 18.5 Å². The van der Waals surface area contributed by atoms with Crippen LogP contribution in [0.15, 0.2) is 24.3 Å². The fourth-order valence-electron chi connectivity index (χ4n) is 1.40. The molecule has 1 aromatic carbocycles. The molecule has 2 nitrogen and oxygen atoms in total. The second-order valence-electron chi connectivity index (χ2n) is 3.80. The van der Waals surface area contributed by atoms with Gasteiger partial charge >= 0.3 is 6.18 Å². The Bertz CT molecular complexity index is 364. The van der Waals surface area contributed by atoms with E-state index in [1.807, 2.05) is 13.8 Å². The molecule has 0 amide bonds. The minimum Gasteiger partial charge on any atom is -0.334 e. The first-order chi connectivity index (χ1) is 9.36. The third kappa shape index (κ3) is 7.83. The molecule has 0 unspecified atom stereocenters. The van der Waals surface area contributed by atoms with Crippen molar-refractivity contribution in [1.82, 2.24) is 0 Å². The highest BCUT2D eigenvalue weighted by atomic mass is 31.2. The second kappa shape index (κ2) is 10.1. The van der Waals surface area contributed by atoms with Crippen molar-refractivity contribution in [3.05, 3.63) is 35.4 Å². The van der Waals surface area contributed by atoms with Gasteiger partial charge in [-0.3, -0.25) is 0 Å². The van der Waals surface area contributed by atoms with Crippen LogP contribution in [0.1, 0.15) is 31.9 Å². The largest absolute Gasteiger partial charge is 0.416 e. The van der Waals surface area contributed by atoms with Crippen LogP contribution in [-0.2, 0) is 15.2 Å². The van der Waals surface area contributed by atoms with Gasteiger partial charge in [0, 0.05) is 6.16 Å². The van der Waals surface area contributed by atoms with E-state index in [1.54, 1.807) is 6.07 Å². The molecule has 20 heavy (non-hydrogen) atoms. The summed E-state index contributed by atoms with van der Waals surface area (Å²) in [6.45, 7) is 9.03. The van der Waals surface area contributed by atoms with E-state index < -0.39 is 20.1 Å². The van der Waals surface area contributed by atoms with Crippen LogP contribution in [0.4, 0.5) is 13.2 Å². The Morgan fingerprint density at radius 3 is 1.80 bits per heavy atom. The third-order valence-electron chi connectivity index (χ3n) is 2.25. The van der Waals surface area contributed by atoms with Crippen LogP contribution in [0.3, 0.4) is 0 Å². The molecular formula is C14H22F3O2P. The summed E-state index contributed by atoms with van der Waals surface area (Å²) in [7, 11) is -0.559. The summed E-state index contributed by atoms with van der Waals surface area (Å²) in [6.07, 6.45) is -3.22. The standard InChI is InChI=1S/C8H7F3.C6H15O2P/c1-6-4-2-3-5-7(6)8(9,10)11;1-4-7-9(6-3)8-5-2/h2-5H,1H3;4-6H2,1-3H3. The molecule has 0 saturated heterocycles. The van der Waals surface area contributed by atoms with Crippen LogP contribution < -0.4 is 0 Å². The molecule has 0 N–H and O–H groups in total. The molecule has 0 saturated carbocycles. The Labute approximate surface area is 120 Å². The van der Waals surface area contributed by atoms with Gasteiger partial charge in [-0.1, -0.05) is 25.1 Å². The maximum Gasteiger partial charge on any atom is 0.416 e. The zero-order valence-electron chi connectivity index (χ0n) is 12.3. The Balaban J connectivity index is 0.000000370. The van der Waals surface area contributed by atoms with Gasteiger partial charge in [0.15, 0.2) is 8.38 Å². The molecule has 0 aromatic heterocycles. The molecule has 0 radical (unpaired) electrons. The fraction of sp³-hybridized carbons (Fsp3) is 0.571. The molecule has 0 aliphatic heterocycles. The highest BCUT2D eigenvalue weighted by Crippen LogP contribution is 2.36. The van der Waals surface area contributed by atoms with Crippen molar-refractivity contribution >= 4 is 8.38 Å². The van der Waals surface area contributed by atoms with Gasteiger partial charge in [-0.2, -0.15) is 13.2 Å². The normalized spacial score (nSPS) is 11.2. The summed E-state index contributed by atoms with van der Waals surface area (Å²) in [5, 5.41) is 0. The van der Waals surface area contributed by atoms with Crippen LogP contribution in [0.25, 0.3) is 0 Å². The van der Waals surface area contributed by atoms with E-state index in [0.717, 1.165) is 25.4 Å². The highest BCUT2D eigenvalue weighted by molar-refractivity contribution is 7.47. The lowest BCUT2D eigenvalue weighted by Gasteiger charge is -2.12. The lowest BCUT2D eigenvalue weighted by Crippen LogP contribution is -2.06. The Kier molecular flexibility index (Phi) is 9.82. The molecule has 116 valence electrons. The van der Waals surface area contributed by atoms with Crippen LogP contribution in [-0.4, -0.2) is 19.4 Å². The maximum absolute atomic E-state index is 12.0. The summed E-state index contributed by atoms with van der Waals surface area (Å²) >= 11 is 0. The van der Waals surface area contributed by atoms with E-state index in [2.05, 4.69) is 6.92 Å². The van der Waals surface area contributed by atoms with E-state index in [9.17, 15) is 13.2 Å². The Hall–Kier alpha value is -0.640. The number of rotatable bonds is 5. The molecule has 0 heterocycles. The minimum absolute atomic E-state index is 0.264. The van der Waals surface area contributed by atoms with E-state index in [-0.39, 0.29) is 5.56 Å². The zero-order valence-corrected chi connectivity index (χ0v) is 13.2. The van der Waals surface area contributed by atoms with E-state index >= 15 is 0 Å². The minimum atomic E-state index is -4.22. The van der Waals surface area contributed by atoms with Crippen molar-refractivity contribution in [3.8, 4) is 0 Å². The average molecular weight is 310 g/mol. The van der Waals surface area contributed by atoms with Gasteiger partial charge in [0.1, 0.15) is 0 Å². The van der Waals surface area contributed by atoms with Gasteiger partial charge in [-0.25, -0.2) is 0 Å². The first kappa shape index (κ1) is 19.4. The smallest absolute Gasteiger partial charge is 0.334 e. The summed E-state index contributed by atoms with van der Waals surface area (Å²) in [4.78, 5) is 0. The van der Waals surface area contributed by atoms with Gasteiger partial charge in [-0.15, -0.1) is 0 Å². The number of hydrogen-bond donors (Lipinski definition) is 0. The first-order valence-corrected chi connectivity index (χ1v) is 7.89. The van der Waals surface area contributed by atoms with E-state index in [0.29, 0.717) is 0 Å². The molecule has 0 bridgehead atoms. The van der Waals surface area contributed by atoms with Crippen LogP contribution >= 0.6 is 8.38 Å². The number of hydrogen-bond acceptors (Lipinski definition) is 2. The van der Waals surface area contributed by atoms with Gasteiger partial charge in [0.05, 0.1) is 18.8 Å². The molecule has 0 aliphatic carbocycles. The van der Waals surface area contributed by atoms with Gasteiger partial charge < -0.3 is 9.05 Å². The summed E-state index contributed by atoms with van der Waals surface area (Å²) in [5.41, 5.74) is -0.292. The summed E-state index contributed by atoms with van der Waals surface area (Å²) < 4.78 is 46.7. The predicted octanol–water partition coefficient (Wildman–Crippen LogP) is 5.41. The average Bonchev–Trinajstić information content (AvgIpc) is 2.38. The van der Waals surface area contributed by atoms with Crippen molar-refractivity contribution in [2.45, 2.75) is 33.9 Å². The predicted molar refractivity (Wildman–Crippen MR) is 76.9 cm³/mol. The van der Waals surface area contributed by atoms with E-state index in [4.69, 9.17) is 9.05 Å². The molecule has 0 atom stereocenters. The van der Waals surface area contributed by atoms with Gasteiger partial charge in [0.25, 0.3) is 0 Å². The van der Waals surface area contributed by atoms with Gasteiger partial charge in [0.2, 0.25) is 0 Å². The number of aryl methyl sites for hydroxylation is 1. The van der Waals surface area contributed by atoms with Crippen molar-refractivity contribution < 1.29 is 22.2 Å². The van der Waals surface area contributed by atoms with Crippen molar-refractivity contribution in [3.63, 3.8) is 0 Å². The lowest BCUT2D eigenvalue weighted by molar-refractivity contribution is -0.138. The first-order valence-electron chi connectivity index (χ1n) is 6.52. The fourth-order valence-corrected chi connectivity index (χ4v) is 2.41. The monoisotopic (exact) mass is 310 g/mol. The van der Waals surface area contributed by atoms with Crippen LogP contribution in [0, 0.1) is 6.92 Å². The SMILES string of the molecule is CCOP(CC)OCC.Cc1ccccc1C(F)(F)F. The van der Waals surface area contributed by atoms with Crippen molar-refractivity contribution in [2.24, 2.45) is 0 Å². The summed E-state index contributed by atoms with van der Waals surface area (Å²) in [5.74, 6) is 0. The van der Waals surface area contributed by atoms with E-state index in [1.165, 1.54) is 19.1 Å². The summed E-state index contributed by atoms with van der Waals surface area (Å²) in [6, 6.07) is 5.50. The number of alkyl halides is 3. The molecular weight excluding hydrogens is 288 g/mol. The molecule has 1 rings (SSSR count). The molecule has 6 heteroatoms. The molecule has 0 aliphatic rings. The molecule has 0 spiro atoms. The second-order valence-corrected chi connectivity index (χ2v) is 5.61. The maximum atomic E-state index is 12.0. The van der Waals surface area contributed by atoms with Gasteiger partial charge in [-0.05, 0) is 32.4 Å².